The molecule has 5 heteroatoms. The fraction of sp³-hybridized carbons (Fsp3) is 0.333. The Kier molecular flexibility index (Phi) is 5.85. The summed E-state index contributed by atoms with van der Waals surface area (Å²) in [5.41, 5.74) is 0.607. The molecule has 0 spiro atoms. The molecule has 2 rings (SSSR count). The third-order valence-electron chi connectivity index (χ3n) is 3.01. The van der Waals surface area contributed by atoms with E-state index in [-0.39, 0.29) is 11.9 Å². The van der Waals surface area contributed by atoms with Crippen LogP contribution in [-0.4, -0.2) is 6.54 Å². The SMILES string of the molecule is CCCNC(Cc1ccc(Cl)s1)c1cc(Cl)ccc1F. The maximum absolute atomic E-state index is 14.0. The molecule has 1 N–H and O–H groups in total. The van der Waals surface area contributed by atoms with Gasteiger partial charge in [0, 0.05) is 27.9 Å². The zero-order valence-electron chi connectivity index (χ0n) is 11.1. The molecule has 0 aliphatic heterocycles. The summed E-state index contributed by atoms with van der Waals surface area (Å²) in [6, 6.07) is 8.43. The van der Waals surface area contributed by atoms with Gasteiger partial charge in [0.1, 0.15) is 5.82 Å². The third-order valence-corrected chi connectivity index (χ3v) is 4.50. The Morgan fingerprint density at radius 2 is 2.05 bits per heavy atom. The zero-order valence-corrected chi connectivity index (χ0v) is 13.5. The highest BCUT2D eigenvalue weighted by Crippen LogP contribution is 2.29. The molecule has 0 aliphatic carbocycles. The lowest BCUT2D eigenvalue weighted by Crippen LogP contribution is -2.24. The number of hydrogen-bond acceptors (Lipinski definition) is 2. The summed E-state index contributed by atoms with van der Waals surface area (Å²) >= 11 is 13.5. The van der Waals surface area contributed by atoms with Gasteiger partial charge in [-0.3, -0.25) is 0 Å². The van der Waals surface area contributed by atoms with Crippen molar-refractivity contribution in [2.75, 3.05) is 6.54 Å². The van der Waals surface area contributed by atoms with Gasteiger partial charge < -0.3 is 5.32 Å². The molecule has 1 unspecified atom stereocenters. The summed E-state index contributed by atoms with van der Waals surface area (Å²) in [7, 11) is 0. The Balaban J connectivity index is 2.24. The van der Waals surface area contributed by atoms with Gasteiger partial charge in [0.25, 0.3) is 0 Å². The average Bonchev–Trinajstić information content (AvgIpc) is 2.83. The third kappa shape index (κ3) is 4.19. The van der Waals surface area contributed by atoms with Crippen molar-refractivity contribution in [3.63, 3.8) is 0 Å². The summed E-state index contributed by atoms with van der Waals surface area (Å²) in [5, 5.41) is 3.93. The summed E-state index contributed by atoms with van der Waals surface area (Å²) in [4.78, 5) is 1.13. The Morgan fingerprint density at radius 3 is 2.70 bits per heavy atom. The average molecular weight is 332 g/mol. The van der Waals surface area contributed by atoms with Crippen LogP contribution in [0.1, 0.15) is 29.8 Å². The van der Waals surface area contributed by atoms with Gasteiger partial charge >= 0.3 is 0 Å². The van der Waals surface area contributed by atoms with E-state index in [0.29, 0.717) is 17.0 Å². The zero-order chi connectivity index (χ0) is 14.5. The first-order valence-electron chi connectivity index (χ1n) is 6.52. The number of hydrogen-bond donors (Lipinski definition) is 1. The second-order valence-electron chi connectivity index (χ2n) is 4.58. The van der Waals surface area contributed by atoms with Crippen molar-refractivity contribution in [1.82, 2.24) is 5.32 Å². The van der Waals surface area contributed by atoms with E-state index in [1.54, 1.807) is 12.1 Å². The van der Waals surface area contributed by atoms with Gasteiger partial charge in [0.15, 0.2) is 0 Å². The first kappa shape index (κ1) is 15.8. The number of halogens is 3. The molecular formula is C15H16Cl2FNS. The molecule has 0 saturated carbocycles. The van der Waals surface area contributed by atoms with Crippen molar-refractivity contribution in [3.8, 4) is 0 Å². The van der Waals surface area contributed by atoms with E-state index in [4.69, 9.17) is 23.2 Å². The van der Waals surface area contributed by atoms with Gasteiger partial charge in [0.2, 0.25) is 0 Å². The fourth-order valence-electron chi connectivity index (χ4n) is 2.05. The Labute approximate surface area is 132 Å². The molecule has 0 saturated heterocycles. The highest BCUT2D eigenvalue weighted by molar-refractivity contribution is 7.16. The van der Waals surface area contributed by atoms with Crippen molar-refractivity contribution >= 4 is 34.5 Å². The lowest BCUT2D eigenvalue weighted by molar-refractivity contribution is 0.499. The molecule has 0 aliphatic rings. The van der Waals surface area contributed by atoms with Crippen molar-refractivity contribution in [2.24, 2.45) is 0 Å². The molecule has 108 valence electrons. The Morgan fingerprint density at radius 1 is 1.25 bits per heavy atom. The minimum Gasteiger partial charge on any atom is -0.310 e. The minimum absolute atomic E-state index is 0.0941. The van der Waals surface area contributed by atoms with Crippen LogP contribution in [0.15, 0.2) is 30.3 Å². The summed E-state index contributed by atoms with van der Waals surface area (Å²) in [6.45, 7) is 2.91. The molecule has 0 fully saturated rings. The quantitative estimate of drug-likeness (QED) is 0.739. The van der Waals surface area contributed by atoms with Crippen LogP contribution in [0.25, 0.3) is 0 Å². The van der Waals surface area contributed by atoms with E-state index in [0.717, 1.165) is 22.2 Å². The summed E-state index contributed by atoms with van der Waals surface area (Å²) in [5.74, 6) is -0.231. The molecule has 1 aromatic heterocycles. The molecule has 0 radical (unpaired) electrons. The standard InChI is InChI=1S/C15H16Cl2FNS/c1-2-7-19-14(9-11-4-6-15(17)20-11)12-8-10(16)3-5-13(12)18/h3-6,8,14,19H,2,7,9H2,1H3. The van der Waals surface area contributed by atoms with Crippen LogP contribution in [0.3, 0.4) is 0 Å². The van der Waals surface area contributed by atoms with Crippen LogP contribution in [0.2, 0.25) is 9.36 Å². The second-order valence-corrected chi connectivity index (χ2v) is 6.82. The number of rotatable bonds is 6. The van der Waals surface area contributed by atoms with Gasteiger partial charge in [-0.2, -0.15) is 0 Å². The smallest absolute Gasteiger partial charge is 0.128 e. The maximum Gasteiger partial charge on any atom is 0.128 e. The van der Waals surface area contributed by atoms with E-state index in [1.807, 2.05) is 12.1 Å². The molecule has 1 atom stereocenters. The largest absolute Gasteiger partial charge is 0.310 e. The van der Waals surface area contributed by atoms with Gasteiger partial charge in [-0.05, 0) is 43.3 Å². The van der Waals surface area contributed by atoms with E-state index < -0.39 is 0 Å². The lowest BCUT2D eigenvalue weighted by atomic mass is 10.0. The van der Waals surface area contributed by atoms with Crippen molar-refractivity contribution in [2.45, 2.75) is 25.8 Å². The molecule has 20 heavy (non-hydrogen) atoms. The second kappa shape index (κ2) is 7.41. The van der Waals surface area contributed by atoms with E-state index >= 15 is 0 Å². The van der Waals surface area contributed by atoms with Crippen LogP contribution in [-0.2, 0) is 6.42 Å². The van der Waals surface area contributed by atoms with Crippen molar-refractivity contribution in [1.29, 1.82) is 0 Å². The number of nitrogens with one attached hydrogen (secondary N) is 1. The Bertz CT molecular complexity index is 571. The normalized spacial score (nSPS) is 12.6. The monoisotopic (exact) mass is 331 g/mol. The Hall–Kier alpha value is -0.610. The first-order chi connectivity index (χ1) is 9.60. The van der Waals surface area contributed by atoms with E-state index in [2.05, 4.69) is 12.2 Å². The van der Waals surface area contributed by atoms with Crippen LogP contribution < -0.4 is 5.32 Å². The number of thiophene rings is 1. The predicted molar refractivity (Wildman–Crippen MR) is 85.5 cm³/mol. The highest BCUT2D eigenvalue weighted by atomic mass is 35.5. The van der Waals surface area contributed by atoms with E-state index in [1.165, 1.54) is 17.4 Å². The van der Waals surface area contributed by atoms with Crippen LogP contribution >= 0.6 is 34.5 Å². The van der Waals surface area contributed by atoms with Crippen LogP contribution in [0.5, 0.6) is 0 Å². The first-order valence-corrected chi connectivity index (χ1v) is 8.10. The lowest BCUT2D eigenvalue weighted by Gasteiger charge is -2.19. The van der Waals surface area contributed by atoms with Crippen molar-refractivity contribution in [3.05, 3.63) is 55.9 Å². The predicted octanol–water partition coefficient (Wildman–Crippen LogP) is 5.48. The molecular weight excluding hydrogens is 316 g/mol. The molecule has 0 amide bonds. The van der Waals surface area contributed by atoms with E-state index in [9.17, 15) is 4.39 Å². The van der Waals surface area contributed by atoms with Gasteiger partial charge in [0.05, 0.1) is 4.34 Å². The topological polar surface area (TPSA) is 12.0 Å². The summed E-state index contributed by atoms with van der Waals surface area (Å²) < 4.78 is 14.8. The molecule has 1 nitrogen and oxygen atoms in total. The maximum atomic E-state index is 14.0. The highest BCUT2D eigenvalue weighted by Gasteiger charge is 2.17. The fourth-order valence-corrected chi connectivity index (χ4v) is 3.37. The van der Waals surface area contributed by atoms with Crippen LogP contribution in [0.4, 0.5) is 4.39 Å². The molecule has 0 bridgehead atoms. The van der Waals surface area contributed by atoms with Gasteiger partial charge in [-0.25, -0.2) is 4.39 Å². The number of benzene rings is 1. The van der Waals surface area contributed by atoms with Gasteiger partial charge in [-0.1, -0.05) is 30.1 Å². The van der Waals surface area contributed by atoms with Crippen LogP contribution in [0, 0.1) is 5.82 Å². The van der Waals surface area contributed by atoms with Gasteiger partial charge in [-0.15, -0.1) is 11.3 Å². The summed E-state index contributed by atoms with van der Waals surface area (Å²) in [6.07, 6.45) is 1.69. The minimum atomic E-state index is -0.231. The molecule has 1 aromatic carbocycles. The molecule has 1 heterocycles. The van der Waals surface area contributed by atoms with Crippen molar-refractivity contribution < 1.29 is 4.39 Å². The molecule has 2 aromatic rings.